The second-order valence-electron chi connectivity index (χ2n) is 22.4. The molecule has 0 bridgehead atoms. The number of unbranched alkanes of at least 4 members (excludes halogenated alkanes) is 40. The van der Waals surface area contributed by atoms with E-state index in [0.717, 1.165) is 77.0 Å². The number of allylic oxidation sites excluding steroid dienone is 10. The molecule has 0 aliphatic rings. The van der Waals surface area contributed by atoms with Crippen LogP contribution in [0, 0.1) is 0 Å². The molecule has 76 heavy (non-hydrogen) atoms. The van der Waals surface area contributed by atoms with Crippen LogP contribution in [0.3, 0.4) is 0 Å². The van der Waals surface area contributed by atoms with E-state index >= 15 is 0 Å². The van der Waals surface area contributed by atoms with Gasteiger partial charge in [0, 0.05) is 19.3 Å². The van der Waals surface area contributed by atoms with Gasteiger partial charge in [0.25, 0.3) is 0 Å². The molecule has 0 fully saturated rings. The van der Waals surface area contributed by atoms with Crippen molar-refractivity contribution in [2.45, 2.75) is 354 Å². The fourth-order valence-electron chi connectivity index (χ4n) is 9.68. The van der Waals surface area contributed by atoms with Crippen molar-refractivity contribution in [2.75, 3.05) is 13.2 Å². The lowest BCUT2D eigenvalue weighted by Gasteiger charge is -2.18. The number of esters is 3. The van der Waals surface area contributed by atoms with Crippen LogP contribution in [0.4, 0.5) is 0 Å². The molecule has 0 aliphatic carbocycles. The molecule has 0 saturated heterocycles. The summed E-state index contributed by atoms with van der Waals surface area (Å²) in [6, 6.07) is 0. The van der Waals surface area contributed by atoms with Gasteiger partial charge in [-0.25, -0.2) is 0 Å². The fourth-order valence-corrected chi connectivity index (χ4v) is 9.68. The minimum atomic E-state index is -0.782. The lowest BCUT2D eigenvalue weighted by atomic mass is 10.0. The summed E-state index contributed by atoms with van der Waals surface area (Å²) in [5.74, 6) is -0.873. The lowest BCUT2D eigenvalue weighted by Crippen LogP contribution is -2.30. The maximum Gasteiger partial charge on any atom is 0.306 e. The smallest absolute Gasteiger partial charge is 0.306 e. The SMILES string of the molecule is CCCCC/C=C\C/C=C\CCCCCCCCCC(=O)OCC(COC(=O)CCCCCCCCCCCCC/C=C\C/C=C\CCCCCCC)OC(=O)CCCCCCCCC/C=C\CCCCCCCCC. The molecule has 0 heterocycles. The average Bonchev–Trinajstić information content (AvgIpc) is 3.42. The lowest BCUT2D eigenvalue weighted by molar-refractivity contribution is -0.167. The third-order valence-corrected chi connectivity index (χ3v) is 14.7. The van der Waals surface area contributed by atoms with Crippen LogP contribution >= 0.6 is 0 Å². The van der Waals surface area contributed by atoms with Crippen molar-refractivity contribution >= 4 is 17.9 Å². The zero-order valence-corrected chi connectivity index (χ0v) is 50.8. The highest BCUT2D eigenvalue weighted by Crippen LogP contribution is 2.17. The van der Waals surface area contributed by atoms with Gasteiger partial charge in [0.1, 0.15) is 13.2 Å². The summed E-state index contributed by atoms with van der Waals surface area (Å²) in [4.78, 5) is 38.4. The van der Waals surface area contributed by atoms with Crippen molar-refractivity contribution in [3.8, 4) is 0 Å². The van der Waals surface area contributed by atoms with E-state index in [1.54, 1.807) is 0 Å². The third kappa shape index (κ3) is 62.0. The monoisotopic (exact) mass is 1060 g/mol. The summed E-state index contributed by atoms with van der Waals surface area (Å²) in [6.07, 6.45) is 82.2. The highest BCUT2D eigenvalue weighted by molar-refractivity contribution is 5.71. The molecule has 442 valence electrons. The van der Waals surface area contributed by atoms with Crippen LogP contribution in [0.5, 0.6) is 0 Å². The summed E-state index contributed by atoms with van der Waals surface area (Å²) in [5, 5.41) is 0. The molecule has 0 spiro atoms. The van der Waals surface area contributed by atoms with E-state index in [1.165, 1.54) is 231 Å². The van der Waals surface area contributed by atoms with Gasteiger partial charge in [-0.05, 0) is 109 Å². The molecule has 1 unspecified atom stereocenters. The van der Waals surface area contributed by atoms with Crippen molar-refractivity contribution in [3.63, 3.8) is 0 Å². The predicted octanol–water partition coefficient (Wildman–Crippen LogP) is 22.7. The van der Waals surface area contributed by atoms with Crippen molar-refractivity contribution < 1.29 is 28.6 Å². The molecule has 0 radical (unpaired) electrons. The minimum absolute atomic E-state index is 0.0776. The van der Waals surface area contributed by atoms with Crippen LogP contribution in [0.15, 0.2) is 60.8 Å². The molecule has 0 aliphatic heterocycles. The van der Waals surface area contributed by atoms with Crippen LogP contribution in [-0.4, -0.2) is 37.2 Å². The van der Waals surface area contributed by atoms with Crippen molar-refractivity contribution in [1.82, 2.24) is 0 Å². The second kappa shape index (κ2) is 64.6. The van der Waals surface area contributed by atoms with Gasteiger partial charge in [-0.2, -0.15) is 0 Å². The van der Waals surface area contributed by atoms with E-state index in [-0.39, 0.29) is 31.1 Å². The van der Waals surface area contributed by atoms with E-state index in [4.69, 9.17) is 14.2 Å². The maximum atomic E-state index is 12.9. The van der Waals surface area contributed by atoms with Gasteiger partial charge in [0.15, 0.2) is 6.10 Å². The van der Waals surface area contributed by atoms with Gasteiger partial charge in [-0.15, -0.1) is 0 Å². The summed E-state index contributed by atoms with van der Waals surface area (Å²) < 4.78 is 17.0. The van der Waals surface area contributed by atoms with Gasteiger partial charge in [0.05, 0.1) is 0 Å². The predicted molar refractivity (Wildman–Crippen MR) is 330 cm³/mol. The van der Waals surface area contributed by atoms with Crippen LogP contribution in [0.1, 0.15) is 348 Å². The van der Waals surface area contributed by atoms with Gasteiger partial charge in [-0.3, -0.25) is 14.4 Å². The van der Waals surface area contributed by atoms with Gasteiger partial charge < -0.3 is 14.2 Å². The highest BCUT2D eigenvalue weighted by Gasteiger charge is 2.19. The van der Waals surface area contributed by atoms with E-state index in [9.17, 15) is 14.4 Å². The van der Waals surface area contributed by atoms with Gasteiger partial charge in [-0.1, -0.05) is 281 Å². The molecule has 6 nitrogen and oxygen atoms in total. The molecule has 6 heteroatoms. The van der Waals surface area contributed by atoms with Crippen LogP contribution in [0.25, 0.3) is 0 Å². The average molecular weight is 1060 g/mol. The normalized spacial score (nSPS) is 12.4. The Morgan fingerprint density at radius 3 is 0.763 bits per heavy atom. The second-order valence-corrected chi connectivity index (χ2v) is 22.4. The van der Waals surface area contributed by atoms with Gasteiger partial charge >= 0.3 is 17.9 Å². The van der Waals surface area contributed by atoms with Crippen molar-refractivity contribution in [3.05, 3.63) is 60.8 Å². The Balaban J connectivity index is 4.35. The van der Waals surface area contributed by atoms with Crippen molar-refractivity contribution in [1.29, 1.82) is 0 Å². The minimum Gasteiger partial charge on any atom is -0.462 e. The molecule has 1 atom stereocenters. The van der Waals surface area contributed by atoms with Crippen molar-refractivity contribution in [2.24, 2.45) is 0 Å². The summed E-state index contributed by atoms with van der Waals surface area (Å²) in [7, 11) is 0. The first-order chi connectivity index (χ1) is 37.5. The third-order valence-electron chi connectivity index (χ3n) is 14.7. The molecule has 0 aromatic heterocycles. The Labute approximate surface area is 472 Å². The Kier molecular flexibility index (Phi) is 62.2. The molecule has 0 rings (SSSR count). The molecule has 0 N–H and O–H groups in total. The molecule has 0 aromatic carbocycles. The Hall–Kier alpha value is -2.89. The zero-order chi connectivity index (χ0) is 55.0. The number of hydrogen-bond acceptors (Lipinski definition) is 6. The maximum absolute atomic E-state index is 12.9. The van der Waals surface area contributed by atoms with E-state index in [2.05, 4.69) is 81.5 Å². The number of ether oxygens (including phenoxy) is 3. The van der Waals surface area contributed by atoms with Crippen LogP contribution in [0.2, 0.25) is 0 Å². The Bertz CT molecular complexity index is 1360. The standard InChI is InChI=1S/C70H126O6/c1-4-7-10-13-16-19-22-25-28-31-33-34-35-36-37-40-42-45-48-51-54-57-60-63-69(72)75-66-67(65-74-68(71)62-59-56-53-50-47-44-41-38-30-27-24-21-18-15-12-9-6-3)76-70(73)64-61-58-55-52-49-46-43-39-32-29-26-23-20-17-14-11-8-5-2/h18,21-22,25,27,29-33,67H,4-17,19-20,23-24,26,28,34-66H2,1-3H3/b21-18-,25-22-,30-27-,32-29-,33-31-. The van der Waals surface area contributed by atoms with Gasteiger partial charge in [0.2, 0.25) is 0 Å². The fraction of sp³-hybridized carbons (Fsp3) is 0.814. The first kappa shape index (κ1) is 73.1. The summed E-state index contributed by atoms with van der Waals surface area (Å²) >= 11 is 0. The topological polar surface area (TPSA) is 78.9 Å². The molecular formula is C70H126O6. The number of carbonyl (C=O) groups is 3. The molecular weight excluding hydrogens is 937 g/mol. The van der Waals surface area contributed by atoms with E-state index < -0.39 is 6.10 Å². The van der Waals surface area contributed by atoms with E-state index in [1.807, 2.05) is 0 Å². The number of hydrogen-bond donors (Lipinski definition) is 0. The number of carbonyl (C=O) groups excluding carboxylic acids is 3. The van der Waals surface area contributed by atoms with E-state index in [0.29, 0.717) is 19.3 Å². The zero-order valence-electron chi connectivity index (χ0n) is 50.8. The van der Waals surface area contributed by atoms with Crippen LogP contribution in [-0.2, 0) is 28.6 Å². The quantitative estimate of drug-likeness (QED) is 0.0261. The number of rotatable bonds is 61. The Morgan fingerprint density at radius 1 is 0.263 bits per heavy atom. The molecule has 0 aromatic rings. The first-order valence-electron chi connectivity index (χ1n) is 33.3. The van der Waals surface area contributed by atoms with Crippen LogP contribution < -0.4 is 0 Å². The molecule has 0 saturated carbocycles. The highest BCUT2D eigenvalue weighted by atomic mass is 16.6. The first-order valence-corrected chi connectivity index (χ1v) is 33.3. The largest absolute Gasteiger partial charge is 0.462 e. The summed E-state index contributed by atoms with van der Waals surface area (Å²) in [6.45, 7) is 6.64. The Morgan fingerprint density at radius 2 is 0.474 bits per heavy atom. The summed E-state index contributed by atoms with van der Waals surface area (Å²) in [5.41, 5.74) is 0. The molecule has 0 amide bonds.